The second-order valence-corrected chi connectivity index (χ2v) is 8.93. The Labute approximate surface area is 191 Å². The third kappa shape index (κ3) is 3.25. The van der Waals surface area contributed by atoms with Gasteiger partial charge in [-0.15, -0.1) is 0 Å². The van der Waals surface area contributed by atoms with E-state index in [0.717, 1.165) is 48.8 Å². The van der Waals surface area contributed by atoms with Gasteiger partial charge in [-0.05, 0) is 63.8 Å². The van der Waals surface area contributed by atoms with Crippen molar-refractivity contribution in [3.63, 3.8) is 0 Å². The summed E-state index contributed by atoms with van der Waals surface area (Å²) in [7, 11) is 0. The van der Waals surface area contributed by atoms with E-state index in [1.165, 1.54) is 0 Å². The van der Waals surface area contributed by atoms with E-state index in [2.05, 4.69) is 17.0 Å². The summed E-state index contributed by atoms with van der Waals surface area (Å²) in [6.07, 6.45) is 3.72. The third-order valence-electron chi connectivity index (χ3n) is 6.74. The lowest BCUT2D eigenvalue weighted by Gasteiger charge is -2.39. The SMILES string of the molecule is CCN(c1ccccc1O)C1CCCC(n2c(=O)c3c(C)onc3c3c(Cl)cccc32)C1. The van der Waals surface area contributed by atoms with Crippen LogP contribution < -0.4 is 10.5 Å². The van der Waals surface area contributed by atoms with Crippen LogP contribution in [-0.2, 0) is 0 Å². The number of para-hydroxylation sites is 2. The molecule has 2 heterocycles. The molecular weight excluding hydrogens is 426 g/mol. The number of phenolic OH excluding ortho intramolecular Hbond substituents is 1. The van der Waals surface area contributed by atoms with Crippen molar-refractivity contribution in [1.82, 2.24) is 9.72 Å². The minimum Gasteiger partial charge on any atom is -0.506 e. The van der Waals surface area contributed by atoms with Gasteiger partial charge in [0.1, 0.15) is 22.4 Å². The van der Waals surface area contributed by atoms with E-state index in [9.17, 15) is 9.90 Å². The number of phenols is 1. The Morgan fingerprint density at radius 2 is 2.00 bits per heavy atom. The molecule has 2 aromatic heterocycles. The lowest BCUT2D eigenvalue weighted by molar-refractivity contribution is 0.309. The number of hydrogen-bond acceptors (Lipinski definition) is 5. The largest absolute Gasteiger partial charge is 0.506 e. The molecule has 2 unspecified atom stereocenters. The molecule has 166 valence electrons. The molecule has 6 nitrogen and oxygen atoms in total. The van der Waals surface area contributed by atoms with Crippen molar-refractivity contribution >= 4 is 39.1 Å². The van der Waals surface area contributed by atoms with Gasteiger partial charge in [-0.25, -0.2) is 0 Å². The molecule has 0 saturated heterocycles. The first-order chi connectivity index (χ1) is 15.5. The molecule has 0 amide bonds. The van der Waals surface area contributed by atoms with Gasteiger partial charge in [0.2, 0.25) is 0 Å². The highest BCUT2D eigenvalue weighted by molar-refractivity contribution is 6.37. The van der Waals surface area contributed by atoms with E-state index in [1.807, 2.05) is 41.0 Å². The number of benzene rings is 2. The molecule has 1 fully saturated rings. The van der Waals surface area contributed by atoms with E-state index in [1.54, 1.807) is 13.0 Å². The number of aryl methyl sites for hydroxylation is 1. The average molecular weight is 452 g/mol. The minimum atomic E-state index is -0.0789. The van der Waals surface area contributed by atoms with Crippen LogP contribution in [-0.4, -0.2) is 27.4 Å². The summed E-state index contributed by atoms with van der Waals surface area (Å²) in [5, 5.41) is 16.4. The first kappa shape index (κ1) is 20.9. The second kappa shape index (κ2) is 8.17. The Morgan fingerprint density at radius 3 is 2.78 bits per heavy atom. The maximum atomic E-state index is 13.7. The van der Waals surface area contributed by atoms with Gasteiger partial charge in [0, 0.05) is 24.0 Å². The number of fused-ring (bicyclic) bond motifs is 3. The molecule has 0 spiro atoms. The van der Waals surface area contributed by atoms with Gasteiger partial charge in [-0.1, -0.05) is 35.0 Å². The van der Waals surface area contributed by atoms with E-state index in [4.69, 9.17) is 16.1 Å². The fraction of sp³-hybridized carbons (Fsp3) is 0.360. The summed E-state index contributed by atoms with van der Waals surface area (Å²) in [5.74, 6) is 0.796. The number of halogens is 1. The molecule has 1 saturated carbocycles. The lowest BCUT2D eigenvalue weighted by Crippen LogP contribution is -2.41. The first-order valence-electron chi connectivity index (χ1n) is 11.1. The Morgan fingerprint density at radius 1 is 1.19 bits per heavy atom. The van der Waals surface area contributed by atoms with Crippen LogP contribution in [0.5, 0.6) is 5.75 Å². The Hall–Kier alpha value is -2.99. The molecule has 7 heteroatoms. The summed E-state index contributed by atoms with van der Waals surface area (Å²) >= 11 is 6.57. The van der Waals surface area contributed by atoms with E-state index < -0.39 is 0 Å². The van der Waals surface area contributed by atoms with Crippen molar-refractivity contribution in [3.8, 4) is 5.75 Å². The predicted octanol–water partition coefficient (Wildman–Crippen LogP) is 5.82. The highest BCUT2D eigenvalue weighted by Gasteiger charge is 2.31. The van der Waals surface area contributed by atoms with Crippen molar-refractivity contribution in [2.75, 3.05) is 11.4 Å². The molecule has 1 N–H and O–H groups in total. The number of aromatic nitrogens is 2. The van der Waals surface area contributed by atoms with Crippen LogP contribution in [0.15, 0.2) is 51.8 Å². The first-order valence-corrected chi connectivity index (χ1v) is 11.5. The number of nitrogens with zero attached hydrogens (tertiary/aromatic N) is 3. The van der Waals surface area contributed by atoms with Crippen molar-refractivity contribution in [3.05, 3.63) is 63.6 Å². The summed E-state index contributed by atoms with van der Waals surface area (Å²) in [4.78, 5) is 15.9. The van der Waals surface area contributed by atoms with E-state index in [0.29, 0.717) is 21.7 Å². The molecule has 2 aromatic carbocycles. The van der Waals surface area contributed by atoms with Crippen LogP contribution in [0.4, 0.5) is 5.69 Å². The minimum absolute atomic E-state index is 0.0146. The second-order valence-electron chi connectivity index (χ2n) is 8.52. The summed E-state index contributed by atoms with van der Waals surface area (Å²) in [5.41, 5.74) is 2.08. The highest BCUT2D eigenvalue weighted by Crippen LogP contribution is 2.38. The standard InChI is InChI=1S/C25H26ClN3O3/c1-3-28(19-11-4-5-13-21(19)30)16-8-6-9-17(14-16)29-20-12-7-10-18(26)23(20)24-22(25(29)31)15(2)32-27-24/h4-5,7,10-13,16-17,30H,3,6,8-9,14H2,1-2H3. The zero-order chi connectivity index (χ0) is 22.4. The van der Waals surface area contributed by atoms with Gasteiger partial charge in [-0.3, -0.25) is 4.79 Å². The molecule has 0 bridgehead atoms. The van der Waals surface area contributed by atoms with Crippen LogP contribution in [0.2, 0.25) is 5.02 Å². The van der Waals surface area contributed by atoms with Gasteiger partial charge in [-0.2, -0.15) is 0 Å². The zero-order valence-electron chi connectivity index (χ0n) is 18.2. The topological polar surface area (TPSA) is 71.5 Å². The van der Waals surface area contributed by atoms with Gasteiger partial charge >= 0.3 is 0 Å². The maximum Gasteiger partial charge on any atom is 0.264 e. The maximum absolute atomic E-state index is 13.7. The van der Waals surface area contributed by atoms with Gasteiger partial charge in [0.15, 0.2) is 0 Å². The average Bonchev–Trinajstić information content (AvgIpc) is 3.18. The Balaban J connectivity index is 1.63. The Kier molecular flexibility index (Phi) is 5.33. The zero-order valence-corrected chi connectivity index (χ0v) is 19.0. The normalized spacial score (nSPS) is 19.0. The summed E-state index contributed by atoms with van der Waals surface area (Å²) in [6.45, 7) is 4.65. The van der Waals surface area contributed by atoms with Crippen molar-refractivity contribution in [2.45, 2.75) is 51.6 Å². The molecule has 2 atom stereocenters. The van der Waals surface area contributed by atoms with E-state index in [-0.39, 0.29) is 23.4 Å². The summed E-state index contributed by atoms with van der Waals surface area (Å²) in [6, 6.07) is 13.3. The predicted molar refractivity (Wildman–Crippen MR) is 128 cm³/mol. The Bertz CT molecular complexity index is 1360. The van der Waals surface area contributed by atoms with Crippen LogP contribution in [0, 0.1) is 6.92 Å². The smallest absolute Gasteiger partial charge is 0.264 e. The number of hydrogen-bond donors (Lipinski definition) is 1. The van der Waals surface area contributed by atoms with Crippen LogP contribution in [0.1, 0.15) is 44.4 Å². The van der Waals surface area contributed by atoms with E-state index >= 15 is 0 Å². The molecule has 5 rings (SSSR count). The monoisotopic (exact) mass is 451 g/mol. The fourth-order valence-corrected chi connectivity index (χ4v) is 5.58. The van der Waals surface area contributed by atoms with Crippen molar-refractivity contribution in [1.29, 1.82) is 0 Å². The van der Waals surface area contributed by atoms with Crippen LogP contribution in [0.25, 0.3) is 21.8 Å². The molecular formula is C25H26ClN3O3. The van der Waals surface area contributed by atoms with Crippen molar-refractivity contribution < 1.29 is 9.63 Å². The molecule has 1 aliphatic rings. The molecule has 0 aliphatic heterocycles. The molecule has 0 radical (unpaired) electrons. The van der Waals surface area contributed by atoms with Gasteiger partial charge in [0.05, 0.1) is 16.2 Å². The third-order valence-corrected chi connectivity index (χ3v) is 7.05. The summed E-state index contributed by atoms with van der Waals surface area (Å²) < 4.78 is 7.29. The lowest BCUT2D eigenvalue weighted by atomic mass is 9.88. The molecule has 4 aromatic rings. The quantitative estimate of drug-likeness (QED) is 0.423. The van der Waals surface area contributed by atoms with Crippen LogP contribution in [0.3, 0.4) is 0 Å². The number of rotatable bonds is 4. The van der Waals surface area contributed by atoms with Gasteiger partial charge < -0.3 is 19.1 Å². The van der Waals surface area contributed by atoms with Crippen molar-refractivity contribution in [2.24, 2.45) is 0 Å². The molecule has 1 aliphatic carbocycles. The van der Waals surface area contributed by atoms with Gasteiger partial charge in [0.25, 0.3) is 5.56 Å². The van der Waals surface area contributed by atoms with Crippen LogP contribution >= 0.6 is 11.6 Å². The molecule has 32 heavy (non-hydrogen) atoms. The number of aromatic hydroxyl groups is 1. The fourth-order valence-electron chi connectivity index (χ4n) is 5.32. The number of anilines is 1. The number of pyridine rings is 1. The highest BCUT2D eigenvalue weighted by atomic mass is 35.5.